The van der Waals surface area contributed by atoms with Crippen molar-refractivity contribution < 1.29 is 9.90 Å². The molecule has 1 aliphatic carbocycles. The Morgan fingerprint density at radius 3 is 3.07 bits per heavy atom. The van der Waals surface area contributed by atoms with Gasteiger partial charge in [-0.3, -0.25) is 4.79 Å². The summed E-state index contributed by atoms with van der Waals surface area (Å²) in [6.45, 7) is 0.689. The largest absolute Gasteiger partial charge is 0.505 e. The molecule has 1 fully saturated rings. The number of pyridine rings is 1. The number of carbonyl (C=O) groups is 1. The fourth-order valence-electron chi connectivity index (χ4n) is 1.21. The summed E-state index contributed by atoms with van der Waals surface area (Å²) >= 11 is 0. The van der Waals surface area contributed by atoms with Crippen molar-refractivity contribution >= 4 is 5.91 Å². The van der Waals surface area contributed by atoms with E-state index in [4.69, 9.17) is 0 Å². The van der Waals surface area contributed by atoms with Gasteiger partial charge in [0.15, 0.2) is 5.69 Å². The van der Waals surface area contributed by atoms with Gasteiger partial charge in [0.1, 0.15) is 5.75 Å². The lowest BCUT2D eigenvalue weighted by molar-refractivity contribution is 0.0944. The van der Waals surface area contributed by atoms with Crippen LogP contribution >= 0.6 is 0 Å². The third-order valence-corrected chi connectivity index (χ3v) is 2.25. The van der Waals surface area contributed by atoms with Crippen molar-refractivity contribution in [3.63, 3.8) is 0 Å². The molecule has 0 aromatic carbocycles. The van der Waals surface area contributed by atoms with E-state index in [1.807, 2.05) is 0 Å². The zero-order chi connectivity index (χ0) is 9.97. The lowest BCUT2D eigenvalue weighted by Crippen LogP contribution is -2.26. The second-order valence-corrected chi connectivity index (χ2v) is 3.52. The van der Waals surface area contributed by atoms with Crippen LogP contribution in [0.25, 0.3) is 0 Å². The van der Waals surface area contributed by atoms with Gasteiger partial charge in [0.2, 0.25) is 0 Å². The molecule has 0 saturated heterocycles. The van der Waals surface area contributed by atoms with Crippen molar-refractivity contribution in [2.24, 2.45) is 5.92 Å². The minimum absolute atomic E-state index is 0.0687. The van der Waals surface area contributed by atoms with E-state index >= 15 is 0 Å². The molecule has 1 aromatic heterocycles. The molecule has 0 bridgehead atoms. The average Bonchev–Trinajstić information content (AvgIpc) is 2.98. The summed E-state index contributed by atoms with van der Waals surface area (Å²) in [6, 6.07) is 3.05. The lowest BCUT2D eigenvalue weighted by Gasteiger charge is -2.04. The third kappa shape index (κ3) is 2.02. The molecule has 2 rings (SSSR count). The molecule has 0 spiro atoms. The van der Waals surface area contributed by atoms with Gasteiger partial charge < -0.3 is 10.4 Å². The van der Waals surface area contributed by atoms with Crippen molar-refractivity contribution in [2.45, 2.75) is 12.8 Å². The maximum Gasteiger partial charge on any atom is 0.273 e. The molecule has 2 N–H and O–H groups in total. The van der Waals surface area contributed by atoms with Gasteiger partial charge in [-0.2, -0.15) is 0 Å². The van der Waals surface area contributed by atoms with Gasteiger partial charge in [-0.15, -0.1) is 0 Å². The van der Waals surface area contributed by atoms with Crippen LogP contribution in [-0.4, -0.2) is 22.5 Å². The fraction of sp³-hybridized carbons (Fsp3) is 0.400. The molecule has 1 aromatic rings. The molecule has 1 aliphatic rings. The van der Waals surface area contributed by atoms with E-state index in [-0.39, 0.29) is 17.4 Å². The van der Waals surface area contributed by atoms with Crippen LogP contribution in [0.2, 0.25) is 0 Å². The first-order chi connectivity index (χ1) is 6.77. The molecular weight excluding hydrogens is 180 g/mol. The second kappa shape index (κ2) is 3.65. The number of carbonyl (C=O) groups excluding carboxylic acids is 1. The van der Waals surface area contributed by atoms with Gasteiger partial charge in [-0.1, -0.05) is 0 Å². The molecule has 74 valence electrons. The smallest absolute Gasteiger partial charge is 0.273 e. The molecule has 14 heavy (non-hydrogen) atoms. The van der Waals surface area contributed by atoms with Crippen molar-refractivity contribution in [2.75, 3.05) is 6.54 Å². The Bertz CT molecular complexity index is 348. The number of nitrogens with one attached hydrogen (secondary N) is 1. The van der Waals surface area contributed by atoms with Gasteiger partial charge in [-0.05, 0) is 30.9 Å². The number of hydrogen-bond acceptors (Lipinski definition) is 3. The summed E-state index contributed by atoms with van der Waals surface area (Å²) in [6.07, 6.45) is 3.87. The van der Waals surface area contributed by atoms with Crippen molar-refractivity contribution in [3.05, 3.63) is 24.0 Å². The topological polar surface area (TPSA) is 62.2 Å². The van der Waals surface area contributed by atoms with E-state index in [1.54, 1.807) is 6.07 Å². The molecule has 4 heteroatoms. The molecule has 1 saturated carbocycles. The Morgan fingerprint density at radius 1 is 1.64 bits per heavy atom. The van der Waals surface area contributed by atoms with Gasteiger partial charge in [0.25, 0.3) is 5.91 Å². The number of nitrogens with zero attached hydrogens (tertiary/aromatic N) is 1. The maximum atomic E-state index is 11.5. The van der Waals surface area contributed by atoms with Crippen LogP contribution in [-0.2, 0) is 0 Å². The highest BCUT2D eigenvalue weighted by Gasteiger charge is 2.22. The number of hydrogen-bond donors (Lipinski definition) is 2. The normalized spacial score (nSPS) is 15.1. The van der Waals surface area contributed by atoms with Crippen molar-refractivity contribution in [1.29, 1.82) is 0 Å². The molecule has 0 aliphatic heterocycles. The molecule has 0 atom stereocenters. The Hall–Kier alpha value is -1.58. The van der Waals surface area contributed by atoms with E-state index in [0.29, 0.717) is 12.5 Å². The predicted molar refractivity (Wildman–Crippen MR) is 51.0 cm³/mol. The zero-order valence-electron chi connectivity index (χ0n) is 7.73. The first-order valence-electron chi connectivity index (χ1n) is 4.69. The highest BCUT2D eigenvalue weighted by atomic mass is 16.3. The lowest BCUT2D eigenvalue weighted by atomic mass is 10.3. The number of aromatic nitrogens is 1. The Labute approximate surface area is 82.0 Å². The summed E-state index contributed by atoms with van der Waals surface area (Å²) in [7, 11) is 0. The molecule has 0 unspecified atom stereocenters. The summed E-state index contributed by atoms with van der Waals surface area (Å²) in [5.74, 6) is 0.264. The molecule has 1 amide bonds. The highest BCUT2D eigenvalue weighted by molar-refractivity contribution is 5.94. The van der Waals surface area contributed by atoms with Gasteiger partial charge in [0, 0.05) is 12.7 Å². The maximum absolute atomic E-state index is 11.5. The summed E-state index contributed by atoms with van der Waals surface area (Å²) in [5, 5.41) is 12.1. The summed E-state index contributed by atoms with van der Waals surface area (Å²) < 4.78 is 0. The fourth-order valence-corrected chi connectivity index (χ4v) is 1.21. The van der Waals surface area contributed by atoms with Gasteiger partial charge >= 0.3 is 0 Å². The van der Waals surface area contributed by atoms with Gasteiger partial charge in [0.05, 0.1) is 0 Å². The quantitative estimate of drug-likeness (QED) is 0.748. The van der Waals surface area contributed by atoms with Crippen molar-refractivity contribution in [1.82, 2.24) is 10.3 Å². The second-order valence-electron chi connectivity index (χ2n) is 3.52. The number of aromatic hydroxyl groups is 1. The van der Waals surface area contributed by atoms with E-state index < -0.39 is 0 Å². The summed E-state index contributed by atoms with van der Waals surface area (Å²) in [5.41, 5.74) is 0.105. The van der Waals surface area contributed by atoms with Crippen LogP contribution in [0.4, 0.5) is 0 Å². The third-order valence-electron chi connectivity index (χ3n) is 2.25. The minimum Gasteiger partial charge on any atom is -0.505 e. The number of rotatable bonds is 3. The standard InChI is InChI=1S/C10H12N2O2/c13-8-2-1-5-11-9(8)10(14)12-6-7-3-4-7/h1-2,5,7,13H,3-4,6H2,(H,12,14). The molecule has 1 heterocycles. The molecular formula is C10H12N2O2. The van der Waals surface area contributed by atoms with Crippen LogP contribution in [0.3, 0.4) is 0 Å². The average molecular weight is 192 g/mol. The van der Waals surface area contributed by atoms with Crippen LogP contribution < -0.4 is 5.32 Å². The first kappa shape index (κ1) is 8.99. The zero-order valence-corrected chi connectivity index (χ0v) is 7.73. The Morgan fingerprint density at radius 2 is 2.43 bits per heavy atom. The monoisotopic (exact) mass is 192 g/mol. The van der Waals surface area contributed by atoms with Crippen LogP contribution in [0.5, 0.6) is 5.75 Å². The molecule has 4 nitrogen and oxygen atoms in total. The number of amides is 1. The Balaban J connectivity index is 1.98. The SMILES string of the molecule is O=C(NCC1CC1)c1ncccc1O. The van der Waals surface area contributed by atoms with E-state index in [2.05, 4.69) is 10.3 Å². The Kier molecular flexibility index (Phi) is 2.35. The summed E-state index contributed by atoms with van der Waals surface area (Å²) in [4.78, 5) is 15.3. The van der Waals surface area contributed by atoms with Crippen LogP contribution in [0.15, 0.2) is 18.3 Å². The van der Waals surface area contributed by atoms with Crippen LogP contribution in [0.1, 0.15) is 23.3 Å². The van der Waals surface area contributed by atoms with E-state index in [1.165, 1.54) is 25.1 Å². The molecule has 0 radical (unpaired) electrons. The minimum atomic E-state index is -0.296. The first-order valence-corrected chi connectivity index (χ1v) is 4.69. The van der Waals surface area contributed by atoms with Crippen molar-refractivity contribution in [3.8, 4) is 5.75 Å². The van der Waals surface area contributed by atoms with Gasteiger partial charge in [-0.25, -0.2) is 4.98 Å². The van der Waals surface area contributed by atoms with E-state index in [9.17, 15) is 9.90 Å². The predicted octanol–water partition coefficient (Wildman–Crippen LogP) is 0.927. The van der Waals surface area contributed by atoms with Crippen LogP contribution in [0, 0.1) is 5.92 Å². The highest BCUT2D eigenvalue weighted by Crippen LogP contribution is 2.27. The van der Waals surface area contributed by atoms with E-state index in [0.717, 1.165) is 0 Å².